The van der Waals surface area contributed by atoms with Crippen LogP contribution in [0.25, 0.3) is 11.4 Å². The Balaban J connectivity index is 1.81. The Morgan fingerprint density at radius 2 is 2.12 bits per heavy atom. The molecule has 3 rings (SSSR count). The first-order chi connectivity index (χ1) is 12.0. The molecule has 2 aromatic rings. The number of hydrogen-bond acceptors (Lipinski definition) is 4. The van der Waals surface area contributed by atoms with Crippen LogP contribution >= 0.6 is 0 Å². The Morgan fingerprint density at radius 1 is 1.32 bits per heavy atom. The van der Waals surface area contributed by atoms with Crippen molar-refractivity contribution in [2.24, 2.45) is 5.10 Å². The van der Waals surface area contributed by atoms with Crippen LogP contribution in [0.2, 0.25) is 0 Å². The Morgan fingerprint density at radius 3 is 2.88 bits per heavy atom. The van der Waals surface area contributed by atoms with Crippen molar-refractivity contribution in [2.75, 3.05) is 19.0 Å². The van der Waals surface area contributed by atoms with Gasteiger partial charge in [-0.1, -0.05) is 36.9 Å². The van der Waals surface area contributed by atoms with Crippen molar-refractivity contribution < 1.29 is 0 Å². The van der Waals surface area contributed by atoms with Crippen LogP contribution < -0.4 is 10.3 Å². The van der Waals surface area contributed by atoms with Crippen LogP contribution in [-0.2, 0) is 6.54 Å². The standard InChI is InChI=1S/C20H23N5/c1-14-9-10-17-12-25(16(3)18(17)11-14)20-8-6-7-19(22-20)15(2)23-21-13-24(4)5/h6-11,13,23H,2-3,12H2,1,4-5H3/b21-13+. The third-order valence-corrected chi connectivity index (χ3v) is 4.04. The highest BCUT2D eigenvalue weighted by molar-refractivity contribution is 5.83. The van der Waals surface area contributed by atoms with E-state index in [1.807, 2.05) is 37.2 Å². The van der Waals surface area contributed by atoms with E-state index < -0.39 is 0 Å². The summed E-state index contributed by atoms with van der Waals surface area (Å²) >= 11 is 0. The Kier molecular flexibility index (Phi) is 4.57. The highest BCUT2D eigenvalue weighted by Gasteiger charge is 2.24. The molecule has 0 bridgehead atoms. The number of fused-ring (bicyclic) bond motifs is 1. The molecule has 0 saturated carbocycles. The van der Waals surface area contributed by atoms with Crippen LogP contribution in [0.1, 0.15) is 22.4 Å². The molecule has 128 valence electrons. The first-order valence-corrected chi connectivity index (χ1v) is 8.14. The van der Waals surface area contributed by atoms with Gasteiger partial charge in [-0.15, -0.1) is 0 Å². The number of aromatic nitrogens is 1. The number of nitrogens with one attached hydrogen (secondary N) is 1. The molecule has 1 aromatic heterocycles. The van der Waals surface area contributed by atoms with E-state index in [4.69, 9.17) is 4.98 Å². The van der Waals surface area contributed by atoms with E-state index in [1.54, 1.807) is 6.34 Å². The number of anilines is 1. The molecule has 0 atom stereocenters. The maximum atomic E-state index is 4.72. The summed E-state index contributed by atoms with van der Waals surface area (Å²) in [5, 5.41) is 4.11. The molecule has 1 N–H and O–H groups in total. The molecule has 5 heteroatoms. The third-order valence-electron chi connectivity index (χ3n) is 4.04. The van der Waals surface area contributed by atoms with E-state index in [-0.39, 0.29) is 0 Å². The lowest BCUT2D eigenvalue weighted by atomic mass is 10.1. The molecule has 0 amide bonds. The van der Waals surface area contributed by atoms with Crippen LogP contribution in [0.4, 0.5) is 5.82 Å². The SMILES string of the molecule is C=C(N/N=C/N(C)C)c1cccc(N2Cc3ccc(C)cc3C2=C)n1. The topological polar surface area (TPSA) is 43.8 Å². The van der Waals surface area contributed by atoms with E-state index in [9.17, 15) is 0 Å². The van der Waals surface area contributed by atoms with Gasteiger partial charge in [0.25, 0.3) is 0 Å². The third kappa shape index (κ3) is 3.55. The monoisotopic (exact) mass is 333 g/mol. The summed E-state index contributed by atoms with van der Waals surface area (Å²) in [6.45, 7) is 11.1. The number of hydrogen-bond donors (Lipinski definition) is 1. The number of aryl methyl sites for hydroxylation is 1. The van der Waals surface area contributed by atoms with Crippen molar-refractivity contribution in [3.05, 3.63) is 71.9 Å². The normalized spacial score (nSPS) is 13.2. The number of hydrazone groups is 1. The molecule has 1 aromatic carbocycles. The Labute approximate surface area is 149 Å². The lowest BCUT2D eigenvalue weighted by Gasteiger charge is -2.19. The highest BCUT2D eigenvalue weighted by Crippen LogP contribution is 2.35. The molecule has 25 heavy (non-hydrogen) atoms. The summed E-state index contributed by atoms with van der Waals surface area (Å²) in [7, 11) is 3.82. The summed E-state index contributed by atoms with van der Waals surface area (Å²) < 4.78 is 0. The minimum atomic E-state index is 0.651. The summed E-state index contributed by atoms with van der Waals surface area (Å²) in [4.78, 5) is 8.70. The van der Waals surface area contributed by atoms with Crippen molar-refractivity contribution in [2.45, 2.75) is 13.5 Å². The molecule has 2 heterocycles. The lowest BCUT2D eigenvalue weighted by molar-refractivity contribution is 0.636. The second-order valence-electron chi connectivity index (χ2n) is 6.37. The predicted molar refractivity (Wildman–Crippen MR) is 105 cm³/mol. The van der Waals surface area contributed by atoms with E-state index in [0.29, 0.717) is 5.70 Å². The zero-order chi connectivity index (χ0) is 18.0. The van der Waals surface area contributed by atoms with E-state index in [0.717, 1.165) is 23.8 Å². The number of nitrogens with zero attached hydrogens (tertiary/aromatic N) is 4. The minimum absolute atomic E-state index is 0.651. The molecule has 0 radical (unpaired) electrons. The van der Waals surface area contributed by atoms with E-state index in [1.165, 1.54) is 16.7 Å². The van der Waals surface area contributed by atoms with Gasteiger partial charge in [0.15, 0.2) is 0 Å². The van der Waals surface area contributed by atoms with Crippen LogP contribution in [-0.4, -0.2) is 30.3 Å². The average Bonchev–Trinajstić information content (AvgIpc) is 2.91. The molecule has 0 fully saturated rings. The van der Waals surface area contributed by atoms with Crippen LogP contribution in [0.15, 0.2) is 54.7 Å². The van der Waals surface area contributed by atoms with Gasteiger partial charge in [-0.3, -0.25) is 5.43 Å². The molecule has 0 unspecified atom stereocenters. The summed E-state index contributed by atoms with van der Waals surface area (Å²) in [6, 6.07) is 12.4. The molecular formula is C20H23N5. The summed E-state index contributed by atoms with van der Waals surface area (Å²) in [5.41, 5.74) is 9.01. The van der Waals surface area contributed by atoms with Crippen molar-refractivity contribution in [1.82, 2.24) is 15.3 Å². The number of rotatable bonds is 5. The fourth-order valence-corrected chi connectivity index (χ4v) is 2.75. The van der Waals surface area contributed by atoms with Gasteiger partial charge in [-0.05, 0) is 30.7 Å². The van der Waals surface area contributed by atoms with Crippen molar-refractivity contribution >= 4 is 23.6 Å². The molecular weight excluding hydrogens is 310 g/mol. The molecule has 0 spiro atoms. The maximum absolute atomic E-state index is 4.72. The largest absolute Gasteiger partial charge is 0.367 e. The van der Waals surface area contributed by atoms with Crippen molar-refractivity contribution in [3.8, 4) is 0 Å². The lowest BCUT2D eigenvalue weighted by Crippen LogP contribution is -2.16. The van der Waals surface area contributed by atoms with Crippen LogP contribution in [0, 0.1) is 6.92 Å². The van der Waals surface area contributed by atoms with Crippen LogP contribution in [0.5, 0.6) is 0 Å². The van der Waals surface area contributed by atoms with E-state index >= 15 is 0 Å². The zero-order valence-corrected chi connectivity index (χ0v) is 15.0. The van der Waals surface area contributed by atoms with Crippen LogP contribution in [0.3, 0.4) is 0 Å². The van der Waals surface area contributed by atoms with Gasteiger partial charge >= 0.3 is 0 Å². The van der Waals surface area contributed by atoms with E-state index in [2.05, 4.69) is 53.7 Å². The van der Waals surface area contributed by atoms with Gasteiger partial charge < -0.3 is 9.80 Å². The first-order valence-electron chi connectivity index (χ1n) is 8.14. The van der Waals surface area contributed by atoms with Gasteiger partial charge in [-0.2, -0.15) is 5.10 Å². The number of pyridine rings is 1. The Hall–Kier alpha value is -3.08. The van der Waals surface area contributed by atoms with Gasteiger partial charge in [0.2, 0.25) is 0 Å². The minimum Gasteiger partial charge on any atom is -0.367 e. The van der Waals surface area contributed by atoms with Gasteiger partial charge in [0.1, 0.15) is 12.2 Å². The van der Waals surface area contributed by atoms with Crippen molar-refractivity contribution in [1.29, 1.82) is 0 Å². The Bertz CT molecular complexity index is 851. The molecule has 0 saturated heterocycles. The smallest absolute Gasteiger partial charge is 0.134 e. The summed E-state index contributed by atoms with van der Waals surface area (Å²) in [5.74, 6) is 0.857. The van der Waals surface area contributed by atoms with Crippen molar-refractivity contribution in [3.63, 3.8) is 0 Å². The second kappa shape index (κ2) is 6.81. The zero-order valence-electron chi connectivity index (χ0n) is 15.0. The fourth-order valence-electron chi connectivity index (χ4n) is 2.75. The fraction of sp³-hybridized carbons (Fsp3) is 0.200. The maximum Gasteiger partial charge on any atom is 0.134 e. The molecule has 1 aliphatic rings. The molecule has 1 aliphatic heterocycles. The highest BCUT2D eigenvalue weighted by atomic mass is 15.3. The quantitative estimate of drug-likeness (QED) is 0.517. The first kappa shape index (κ1) is 16.8. The molecule has 5 nitrogen and oxygen atoms in total. The van der Waals surface area contributed by atoms with Gasteiger partial charge in [-0.25, -0.2) is 4.98 Å². The van der Waals surface area contributed by atoms with Gasteiger partial charge in [0, 0.05) is 25.4 Å². The summed E-state index contributed by atoms with van der Waals surface area (Å²) in [6.07, 6.45) is 1.68. The van der Waals surface area contributed by atoms with Gasteiger partial charge in [0.05, 0.1) is 17.9 Å². The average molecular weight is 333 g/mol. The predicted octanol–water partition coefficient (Wildman–Crippen LogP) is 3.45. The number of benzene rings is 1. The second-order valence-corrected chi connectivity index (χ2v) is 6.37. The molecule has 0 aliphatic carbocycles.